The number of hydrogen-bond acceptors (Lipinski definition) is 4. The van der Waals surface area contributed by atoms with Gasteiger partial charge in [-0.3, -0.25) is 4.68 Å². The molecule has 0 saturated heterocycles. The molecular formula is C18H15N3O2. The minimum Gasteiger partial charge on any atom is -0.443 e. The van der Waals surface area contributed by atoms with Gasteiger partial charge in [0.1, 0.15) is 5.69 Å². The van der Waals surface area contributed by atoms with Crippen molar-refractivity contribution in [2.75, 3.05) is 0 Å². The number of oxazole rings is 1. The maximum atomic E-state index is 9.37. The average molecular weight is 305 g/mol. The summed E-state index contributed by atoms with van der Waals surface area (Å²) in [7, 11) is 1.94. The molecule has 1 N–H and O–H groups in total. The third kappa shape index (κ3) is 2.22. The lowest BCUT2D eigenvalue weighted by molar-refractivity contribution is 0.277. The Balaban J connectivity index is 1.88. The van der Waals surface area contributed by atoms with Crippen LogP contribution in [0, 0.1) is 0 Å². The Morgan fingerprint density at radius 2 is 1.96 bits per heavy atom. The van der Waals surface area contributed by atoms with Crippen molar-refractivity contribution in [3.8, 4) is 22.5 Å². The summed E-state index contributed by atoms with van der Waals surface area (Å²) in [6.45, 7) is -0.145. The van der Waals surface area contributed by atoms with Crippen LogP contribution in [-0.2, 0) is 13.7 Å². The van der Waals surface area contributed by atoms with Gasteiger partial charge in [0.25, 0.3) is 0 Å². The molecule has 0 aliphatic heterocycles. The summed E-state index contributed by atoms with van der Waals surface area (Å²) in [6.07, 6.45) is 3.24. The molecule has 0 radical (unpaired) electrons. The highest BCUT2D eigenvalue weighted by Gasteiger charge is 2.12. The number of nitrogens with zero attached hydrogens (tertiary/aromatic N) is 3. The standard InChI is InChI=1S/C18H15N3O2/c1-21-17-7-3-6-14(15(17)9-20-21)12-4-2-5-13(8-12)18-16(10-22)19-11-23-18/h2-9,11,22H,10H2,1H3. The molecule has 0 aliphatic rings. The largest absolute Gasteiger partial charge is 0.443 e. The molecule has 4 aromatic rings. The molecule has 2 aromatic heterocycles. The van der Waals surface area contributed by atoms with E-state index >= 15 is 0 Å². The number of aliphatic hydroxyl groups excluding tert-OH is 1. The second-order valence-corrected chi connectivity index (χ2v) is 5.37. The third-order valence-electron chi connectivity index (χ3n) is 4.02. The minimum absolute atomic E-state index is 0.145. The van der Waals surface area contributed by atoms with Gasteiger partial charge in [0.15, 0.2) is 12.2 Å². The maximum absolute atomic E-state index is 9.37. The molecule has 5 heteroatoms. The van der Waals surface area contributed by atoms with Crippen molar-refractivity contribution < 1.29 is 9.52 Å². The van der Waals surface area contributed by atoms with Gasteiger partial charge in [0, 0.05) is 18.0 Å². The number of rotatable bonds is 3. The summed E-state index contributed by atoms with van der Waals surface area (Å²) in [5, 5.41) is 14.8. The second-order valence-electron chi connectivity index (χ2n) is 5.37. The van der Waals surface area contributed by atoms with E-state index in [-0.39, 0.29) is 6.61 Å². The van der Waals surface area contributed by atoms with Crippen LogP contribution >= 0.6 is 0 Å². The van der Waals surface area contributed by atoms with Gasteiger partial charge < -0.3 is 9.52 Å². The topological polar surface area (TPSA) is 64.1 Å². The van der Waals surface area contributed by atoms with Crippen molar-refractivity contribution in [1.29, 1.82) is 0 Å². The Kier molecular flexibility index (Phi) is 3.20. The van der Waals surface area contributed by atoms with Crippen molar-refractivity contribution in [1.82, 2.24) is 14.8 Å². The maximum Gasteiger partial charge on any atom is 0.181 e. The lowest BCUT2D eigenvalue weighted by Crippen LogP contribution is -1.89. The molecular weight excluding hydrogens is 290 g/mol. The van der Waals surface area contributed by atoms with Crippen LogP contribution in [0.15, 0.2) is 59.5 Å². The van der Waals surface area contributed by atoms with E-state index in [1.165, 1.54) is 6.39 Å². The molecule has 5 nitrogen and oxygen atoms in total. The predicted molar refractivity (Wildman–Crippen MR) is 87.6 cm³/mol. The van der Waals surface area contributed by atoms with E-state index < -0.39 is 0 Å². The van der Waals surface area contributed by atoms with Crippen LogP contribution < -0.4 is 0 Å². The van der Waals surface area contributed by atoms with Crippen LogP contribution in [0.1, 0.15) is 5.69 Å². The third-order valence-corrected chi connectivity index (χ3v) is 4.02. The van der Waals surface area contributed by atoms with Crippen LogP contribution in [0.25, 0.3) is 33.4 Å². The van der Waals surface area contributed by atoms with E-state index in [0.717, 1.165) is 27.6 Å². The van der Waals surface area contributed by atoms with Crippen LogP contribution in [-0.4, -0.2) is 19.9 Å². The molecule has 0 bridgehead atoms. The second kappa shape index (κ2) is 5.37. The first kappa shape index (κ1) is 13.7. The molecule has 114 valence electrons. The van der Waals surface area contributed by atoms with Crippen molar-refractivity contribution in [2.45, 2.75) is 6.61 Å². The van der Waals surface area contributed by atoms with Gasteiger partial charge in [-0.2, -0.15) is 5.10 Å². The number of hydrogen-bond donors (Lipinski definition) is 1. The fraction of sp³-hybridized carbons (Fsp3) is 0.111. The Bertz CT molecular complexity index is 985. The number of aromatic nitrogens is 3. The molecule has 0 fully saturated rings. The molecule has 0 spiro atoms. The SMILES string of the molecule is Cn1ncc2c(-c3cccc(-c4ocnc4CO)c3)cccc21. The van der Waals surface area contributed by atoms with Gasteiger partial charge in [-0.25, -0.2) is 4.98 Å². The monoisotopic (exact) mass is 305 g/mol. The van der Waals surface area contributed by atoms with Crippen molar-refractivity contribution in [2.24, 2.45) is 7.05 Å². The van der Waals surface area contributed by atoms with E-state index in [9.17, 15) is 5.11 Å². The summed E-state index contributed by atoms with van der Waals surface area (Å²) in [5.74, 6) is 0.604. The normalized spacial score (nSPS) is 11.2. The number of benzene rings is 2. The van der Waals surface area contributed by atoms with Crippen molar-refractivity contribution in [3.63, 3.8) is 0 Å². The number of fused-ring (bicyclic) bond motifs is 1. The molecule has 4 rings (SSSR count). The van der Waals surface area contributed by atoms with Gasteiger partial charge in [0.05, 0.1) is 18.3 Å². The van der Waals surface area contributed by atoms with E-state index in [2.05, 4.69) is 28.3 Å². The molecule has 2 heterocycles. The first-order valence-corrected chi connectivity index (χ1v) is 7.32. The van der Waals surface area contributed by atoms with E-state index in [1.807, 2.05) is 42.2 Å². The Labute approximate surface area is 132 Å². The molecule has 0 aliphatic carbocycles. The lowest BCUT2D eigenvalue weighted by Gasteiger charge is -2.06. The summed E-state index contributed by atoms with van der Waals surface area (Å²) < 4.78 is 7.30. The van der Waals surface area contributed by atoms with Gasteiger partial charge in [-0.15, -0.1) is 0 Å². The lowest BCUT2D eigenvalue weighted by atomic mass is 9.99. The Morgan fingerprint density at radius 3 is 2.83 bits per heavy atom. The van der Waals surface area contributed by atoms with Crippen LogP contribution in [0.5, 0.6) is 0 Å². The fourth-order valence-electron chi connectivity index (χ4n) is 2.87. The molecule has 0 unspecified atom stereocenters. The van der Waals surface area contributed by atoms with E-state index in [1.54, 1.807) is 0 Å². The Morgan fingerprint density at radius 1 is 1.13 bits per heavy atom. The van der Waals surface area contributed by atoms with Gasteiger partial charge >= 0.3 is 0 Å². The first-order valence-electron chi connectivity index (χ1n) is 7.32. The minimum atomic E-state index is -0.145. The highest BCUT2D eigenvalue weighted by Crippen LogP contribution is 2.32. The molecule has 0 atom stereocenters. The summed E-state index contributed by atoms with van der Waals surface area (Å²) >= 11 is 0. The first-order chi connectivity index (χ1) is 11.3. The smallest absolute Gasteiger partial charge is 0.181 e. The van der Waals surface area contributed by atoms with Crippen LogP contribution in [0.4, 0.5) is 0 Å². The highest BCUT2D eigenvalue weighted by atomic mass is 16.3. The molecule has 2 aromatic carbocycles. The molecule has 0 saturated carbocycles. The summed E-state index contributed by atoms with van der Waals surface area (Å²) in [6, 6.07) is 14.2. The van der Waals surface area contributed by atoms with E-state index in [0.29, 0.717) is 11.5 Å². The Hall–Kier alpha value is -2.92. The average Bonchev–Trinajstić information content (AvgIpc) is 3.22. The van der Waals surface area contributed by atoms with Gasteiger partial charge in [0.2, 0.25) is 0 Å². The fourth-order valence-corrected chi connectivity index (χ4v) is 2.87. The number of aliphatic hydroxyl groups is 1. The van der Waals surface area contributed by atoms with Gasteiger partial charge in [-0.05, 0) is 23.3 Å². The van der Waals surface area contributed by atoms with Gasteiger partial charge in [-0.1, -0.05) is 30.3 Å². The van der Waals surface area contributed by atoms with Crippen molar-refractivity contribution >= 4 is 10.9 Å². The molecule has 0 amide bonds. The molecule has 23 heavy (non-hydrogen) atoms. The van der Waals surface area contributed by atoms with Crippen LogP contribution in [0.3, 0.4) is 0 Å². The number of aryl methyl sites for hydroxylation is 1. The zero-order valence-corrected chi connectivity index (χ0v) is 12.6. The highest BCUT2D eigenvalue weighted by molar-refractivity contribution is 5.95. The zero-order valence-electron chi connectivity index (χ0n) is 12.6. The predicted octanol–water partition coefficient (Wildman–Crippen LogP) is 3.39. The van der Waals surface area contributed by atoms with Crippen molar-refractivity contribution in [3.05, 3.63) is 60.7 Å². The van der Waals surface area contributed by atoms with E-state index in [4.69, 9.17) is 4.42 Å². The van der Waals surface area contributed by atoms with Crippen LogP contribution in [0.2, 0.25) is 0 Å². The summed E-state index contributed by atoms with van der Waals surface area (Å²) in [4.78, 5) is 4.04. The summed E-state index contributed by atoms with van der Waals surface area (Å²) in [5.41, 5.74) is 4.71. The quantitative estimate of drug-likeness (QED) is 0.630. The zero-order chi connectivity index (χ0) is 15.8.